The summed E-state index contributed by atoms with van der Waals surface area (Å²) in [5.41, 5.74) is 6.36. The topological polar surface area (TPSA) is 85.2 Å². The van der Waals surface area contributed by atoms with E-state index in [2.05, 4.69) is 10.1 Å². The lowest BCUT2D eigenvalue weighted by atomic mass is 10.2. The maximum absolute atomic E-state index is 9.33. The molecule has 5 nitrogen and oxygen atoms in total. The normalized spacial score (nSPS) is 14.6. The Bertz CT molecular complexity index is 513. The van der Waals surface area contributed by atoms with Gasteiger partial charge in [-0.1, -0.05) is 28.9 Å². The van der Waals surface area contributed by atoms with Crippen LogP contribution in [0.15, 0.2) is 28.8 Å². The van der Waals surface area contributed by atoms with Gasteiger partial charge in [0.25, 0.3) is 0 Å². The number of hydrogen-bond acceptors (Lipinski definition) is 5. The third kappa shape index (κ3) is 2.46. The smallest absolute Gasteiger partial charge is 0.246 e. The predicted molar refractivity (Wildman–Crippen MR) is 63.4 cm³/mol. The van der Waals surface area contributed by atoms with Gasteiger partial charge in [-0.05, 0) is 19.1 Å². The fourth-order valence-corrected chi connectivity index (χ4v) is 1.55. The molecule has 0 radical (unpaired) electrons. The van der Waals surface area contributed by atoms with Crippen LogP contribution in [0, 0.1) is 0 Å². The highest BCUT2D eigenvalue weighted by atomic mass is 35.5. The molecule has 6 heteroatoms. The zero-order chi connectivity index (χ0) is 12.4. The van der Waals surface area contributed by atoms with Crippen molar-refractivity contribution in [3.8, 4) is 11.4 Å². The van der Waals surface area contributed by atoms with Crippen molar-refractivity contribution < 1.29 is 9.63 Å². The lowest BCUT2D eigenvalue weighted by Gasteiger charge is -2.08. The highest BCUT2D eigenvalue weighted by Crippen LogP contribution is 2.26. The molecular formula is C11H12ClN3O2. The molecule has 2 atom stereocenters. The van der Waals surface area contributed by atoms with E-state index < -0.39 is 12.1 Å². The van der Waals surface area contributed by atoms with Gasteiger partial charge in [0.05, 0.1) is 11.1 Å². The van der Waals surface area contributed by atoms with Crippen LogP contribution in [0.1, 0.15) is 18.9 Å². The van der Waals surface area contributed by atoms with Crippen LogP contribution in [0.5, 0.6) is 0 Å². The molecule has 0 aliphatic rings. The van der Waals surface area contributed by atoms with E-state index in [0.717, 1.165) is 0 Å². The number of benzene rings is 1. The molecule has 0 fully saturated rings. The second-order valence-electron chi connectivity index (χ2n) is 3.70. The third-order valence-electron chi connectivity index (χ3n) is 2.36. The highest BCUT2D eigenvalue weighted by Gasteiger charge is 2.20. The first-order chi connectivity index (χ1) is 8.09. The van der Waals surface area contributed by atoms with Crippen molar-refractivity contribution in [2.45, 2.75) is 19.1 Å². The van der Waals surface area contributed by atoms with Crippen LogP contribution < -0.4 is 5.73 Å². The number of rotatable bonds is 3. The number of nitrogens with zero attached hydrogens (tertiary/aromatic N) is 2. The van der Waals surface area contributed by atoms with Gasteiger partial charge >= 0.3 is 0 Å². The van der Waals surface area contributed by atoms with Crippen LogP contribution in [-0.4, -0.2) is 21.4 Å². The summed E-state index contributed by atoms with van der Waals surface area (Å²) in [5, 5.41) is 13.7. The van der Waals surface area contributed by atoms with Gasteiger partial charge in [-0.2, -0.15) is 4.98 Å². The van der Waals surface area contributed by atoms with E-state index >= 15 is 0 Å². The predicted octanol–water partition coefficient (Wildman–Crippen LogP) is 1.77. The first kappa shape index (κ1) is 12.0. The standard InChI is InChI=1S/C11H12ClN3O2/c1-6(16)9(13)11-14-10(15-17-11)7-4-2-3-5-8(7)12/h2-6,9,16H,13H2,1H3. The summed E-state index contributed by atoms with van der Waals surface area (Å²) in [6.07, 6.45) is -0.755. The molecule has 0 aliphatic carbocycles. The minimum Gasteiger partial charge on any atom is -0.391 e. The van der Waals surface area contributed by atoms with Gasteiger partial charge in [-0.3, -0.25) is 0 Å². The first-order valence-corrected chi connectivity index (χ1v) is 5.49. The van der Waals surface area contributed by atoms with Crippen molar-refractivity contribution in [3.05, 3.63) is 35.2 Å². The summed E-state index contributed by atoms with van der Waals surface area (Å²) in [7, 11) is 0. The minimum absolute atomic E-state index is 0.190. The largest absolute Gasteiger partial charge is 0.391 e. The van der Waals surface area contributed by atoms with Crippen molar-refractivity contribution in [1.82, 2.24) is 10.1 Å². The molecule has 0 saturated carbocycles. The van der Waals surface area contributed by atoms with Crippen LogP contribution in [0.3, 0.4) is 0 Å². The van der Waals surface area contributed by atoms with E-state index in [1.165, 1.54) is 0 Å². The van der Waals surface area contributed by atoms with Gasteiger partial charge in [0.15, 0.2) is 0 Å². The van der Waals surface area contributed by atoms with Gasteiger partial charge in [0, 0.05) is 5.56 Å². The lowest BCUT2D eigenvalue weighted by Crippen LogP contribution is -2.23. The molecule has 2 unspecified atom stereocenters. The zero-order valence-corrected chi connectivity index (χ0v) is 9.93. The third-order valence-corrected chi connectivity index (χ3v) is 2.69. The van der Waals surface area contributed by atoms with Crippen LogP contribution in [0.4, 0.5) is 0 Å². The Hall–Kier alpha value is -1.43. The second kappa shape index (κ2) is 4.83. The summed E-state index contributed by atoms with van der Waals surface area (Å²) in [4.78, 5) is 4.12. The molecule has 2 rings (SSSR count). The van der Waals surface area contributed by atoms with Crippen molar-refractivity contribution >= 4 is 11.6 Å². The van der Waals surface area contributed by atoms with Gasteiger partial charge in [0.1, 0.15) is 6.04 Å². The fourth-order valence-electron chi connectivity index (χ4n) is 1.33. The molecule has 0 aliphatic heterocycles. The molecule has 2 aromatic rings. The molecular weight excluding hydrogens is 242 g/mol. The van der Waals surface area contributed by atoms with Crippen LogP contribution >= 0.6 is 11.6 Å². The maximum Gasteiger partial charge on any atom is 0.246 e. The fraction of sp³-hybridized carbons (Fsp3) is 0.273. The quantitative estimate of drug-likeness (QED) is 0.871. The number of nitrogens with two attached hydrogens (primary N) is 1. The van der Waals surface area contributed by atoms with E-state index in [1.807, 2.05) is 12.1 Å². The van der Waals surface area contributed by atoms with Crippen molar-refractivity contribution in [3.63, 3.8) is 0 Å². The van der Waals surface area contributed by atoms with Crippen molar-refractivity contribution in [1.29, 1.82) is 0 Å². The van der Waals surface area contributed by atoms with E-state index in [4.69, 9.17) is 21.9 Å². The minimum atomic E-state index is -0.755. The Labute approximate surface area is 103 Å². The maximum atomic E-state index is 9.33. The molecule has 3 N–H and O–H groups in total. The Kier molecular flexibility index (Phi) is 3.42. The molecule has 0 bridgehead atoms. The first-order valence-electron chi connectivity index (χ1n) is 5.11. The Morgan fingerprint density at radius 1 is 1.41 bits per heavy atom. The van der Waals surface area contributed by atoms with E-state index in [1.54, 1.807) is 19.1 Å². The number of aliphatic hydroxyl groups excluding tert-OH is 1. The molecule has 0 saturated heterocycles. The Morgan fingerprint density at radius 2 is 2.12 bits per heavy atom. The summed E-state index contributed by atoms with van der Waals surface area (Å²) < 4.78 is 4.99. The number of aliphatic hydroxyl groups is 1. The molecule has 0 spiro atoms. The van der Waals surface area contributed by atoms with Crippen molar-refractivity contribution in [2.24, 2.45) is 5.73 Å². The van der Waals surface area contributed by atoms with Gasteiger partial charge in [-0.25, -0.2) is 0 Å². The second-order valence-corrected chi connectivity index (χ2v) is 4.11. The lowest BCUT2D eigenvalue weighted by molar-refractivity contribution is 0.146. The van der Waals surface area contributed by atoms with Gasteiger partial charge in [0.2, 0.25) is 11.7 Å². The molecule has 1 aromatic carbocycles. The monoisotopic (exact) mass is 253 g/mol. The highest BCUT2D eigenvalue weighted by molar-refractivity contribution is 6.33. The summed E-state index contributed by atoms with van der Waals surface area (Å²) in [6.45, 7) is 1.56. The van der Waals surface area contributed by atoms with Crippen LogP contribution in [0.2, 0.25) is 5.02 Å². The summed E-state index contributed by atoms with van der Waals surface area (Å²) >= 11 is 6.01. The van der Waals surface area contributed by atoms with Crippen LogP contribution in [0.25, 0.3) is 11.4 Å². The average Bonchev–Trinajstić information content (AvgIpc) is 2.77. The Balaban J connectivity index is 2.34. The number of aromatic nitrogens is 2. The Morgan fingerprint density at radius 3 is 2.76 bits per heavy atom. The molecule has 90 valence electrons. The average molecular weight is 254 g/mol. The zero-order valence-electron chi connectivity index (χ0n) is 9.17. The van der Waals surface area contributed by atoms with Gasteiger partial charge < -0.3 is 15.4 Å². The van der Waals surface area contributed by atoms with Crippen LogP contribution in [-0.2, 0) is 0 Å². The van der Waals surface area contributed by atoms with E-state index in [-0.39, 0.29) is 5.89 Å². The molecule has 1 aromatic heterocycles. The van der Waals surface area contributed by atoms with Crippen molar-refractivity contribution in [2.75, 3.05) is 0 Å². The van der Waals surface area contributed by atoms with E-state index in [9.17, 15) is 5.11 Å². The molecule has 0 amide bonds. The molecule has 1 heterocycles. The summed E-state index contributed by atoms with van der Waals surface area (Å²) in [5.74, 6) is 0.552. The summed E-state index contributed by atoms with van der Waals surface area (Å²) in [6, 6.07) is 6.46. The molecule has 17 heavy (non-hydrogen) atoms. The number of halogens is 1. The van der Waals surface area contributed by atoms with Gasteiger partial charge in [-0.15, -0.1) is 0 Å². The van der Waals surface area contributed by atoms with E-state index in [0.29, 0.717) is 16.4 Å². The number of hydrogen-bond donors (Lipinski definition) is 2. The SMILES string of the molecule is CC(O)C(N)c1nc(-c2ccccc2Cl)no1.